The van der Waals surface area contributed by atoms with Crippen LogP contribution in [0.25, 0.3) is 0 Å². The number of benzene rings is 2. The number of aromatic nitrogens is 1. The van der Waals surface area contributed by atoms with E-state index < -0.39 is 10.0 Å². The Hall–Kier alpha value is -3.11. The molecule has 1 aromatic heterocycles. The van der Waals surface area contributed by atoms with E-state index in [4.69, 9.17) is 4.74 Å². The Labute approximate surface area is 204 Å². The third-order valence-corrected chi connectivity index (χ3v) is 8.03. The van der Waals surface area contributed by atoms with Gasteiger partial charge >= 0.3 is 0 Å². The number of nitrogens with one attached hydrogen (secondary N) is 1. The molecule has 10 heteroatoms. The van der Waals surface area contributed by atoms with Crippen molar-refractivity contribution in [3.05, 3.63) is 65.2 Å². The molecule has 3 aromatic rings. The first-order valence-corrected chi connectivity index (χ1v) is 13.4. The van der Waals surface area contributed by atoms with E-state index in [0.29, 0.717) is 37.4 Å². The van der Waals surface area contributed by atoms with Crippen molar-refractivity contribution in [3.8, 4) is 5.75 Å². The molecule has 1 amide bonds. The summed E-state index contributed by atoms with van der Waals surface area (Å²) in [5, 5.41) is 2.07. The molecule has 0 unspecified atom stereocenters. The van der Waals surface area contributed by atoms with Crippen LogP contribution in [0.3, 0.4) is 0 Å². The number of carbonyl (C=O) groups is 1. The van der Waals surface area contributed by atoms with Gasteiger partial charge in [-0.3, -0.25) is 9.52 Å². The number of piperazine rings is 1. The van der Waals surface area contributed by atoms with E-state index in [0.717, 1.165) is 13.1 Å². The van der Waals surface area contributed by atoms with Crippen molar-refractivity contribution in [1.29, 1.82) is 0 Å². The van der Waals surface area contributed by atoms with Gasteiger partial charge in [-0.2, -0.15) is 0 Å². The summed E-state index contributed by atoms with van der Waals surface area (Å²) >= 11 is 1.21. The summed E-state index contributed by atoms with van der Waals surface area (Å²) in [4.78, 5) is 21.4. The van der Waals surface area contributed by atoms with Crippen LogP contribution in [0.4, 0.5) is 10.8 Å². The molecule has 0 saturated carbocycles. The number of methoxy groups -OCH3 is 1. The van der Waals surface area contributed by atoms with E-state index in [1.54, 1.807) is 17.5 Å². The van der Waals surface area contributed by atoms with Gasteiger partial charge < -0.3 is 14.5 Å². The summed E-state index contributed by atoms with van der Waals surface area (Å²) in [6.07, 6.45) is 0.816. The summed E-state index contributed by atoms with van der Waals surface area (Å²) in [5.74, 6) is 0.675. The molecule has 1 aliphatic heterocycles. The number of hydrogen-bond donors (Lipinski definition) is 1. The van der Waals surface area contributed by atoms with Gasteiger partial charge in [0.1, 0.15) is 5.75 Å². The van der Waals surface area contributed by atoms with Crippen LogP contribution in [0.1, 0.15) is 17.7 Å². The molecular formula is C24H28N4O4S2. The topological polar surface area (TPSA) is 91.8 Å². The van der Waals surface area contributed by atoms with Crippen LogP contribution < -0.4 is 14.4 Å². The first-order chi connectivity index (χ1) is 16.3. The molecule has 1 saturated heterocycles. The largest absolute Gasteiger partial charge is 0.497 e. The maximum absolute atomic E-state index is 12.7. The lowest BCUT2D eigenvalue weighted by molar-refractivity contribution is -0.131. The highest BCUT2D eigenvalue weighted by Gasteiger charge is 2.22. The highest BCUT2D eigenvalue weighted by molar-refractivity contribution is 7.93. The minimum Gasteiger partial charge on any atom is -0.497 e. The Morgan fingerprint density at radius 3 is 2.53 bits per heavy atom. The fraction of sp³-hybridized carbons (Fsp3) is 0.333. The summed E-state index contributed by atoms with van der Waals surface area (Å²) < 4.78 is 32.7. The molecule has 4 rings (SSSR count). The average Bonchev–Trinajstić information content (AvgIpc) is 3.29. The number of rotatable bonds is 8. The minimum absolute atomic E-state index is 0.0947. The van der Waals surface area contributed by atoms with Gasteiger partial charge in [0, 0.05) is 43.7 Å². The Balaban J connectivity index is 1.27. The zero-order chi connectivity index (χ0) is 24.1. The van der Waals surface area contributed by atoms with Crippen molar-refractivity contribution in [1.82, 2.24) is 9.88 Å². The summed E-state index contributed by atoms with van der Waals surface area (Å²) in [5.41, 5.74) is 3.12. The fourth-order valence-electron chi connectivity index (χ4n) is 3.83. The van der Waals surface area contributed by atoms with E-state index in [2.05, 4.69) is 45.8 Å². The highest BCUT2D eigenvalue weighted by Crippen LogP contribution is 2.23. The molecular weight excluding hydrogens is 472 g/mol. The standard InChI is InChI=1S/C24H28N4O4S2/c1-18-4-3-5-20(16-18)27-12-14-28(15-13-27)23(29)11-6-19-17-33-24(25-19)26-34(30,31)22-9-7-21(32-2)8-10-22/h3-5,7-10,16-17H,6,11-15H2,1-2H3,(H,25,26). The third-order valence-electron chi connectivity index (χ3n) is 5.74. The summed E-state index contributed by atoms with van der Waals surface area (Å²) in [6, 6.07) is 14.5. The normalized spacial score (nSPS) is 14.2. The van der Waals surface area contributed by atoms with E-state index in [-0.39, 0.29) is 15.9 Å². The number of sulfonamides is 1. The molecule has 1 fully saturated rings. The Morgan fingerprint density at radius 1 is 1.12 bits per heavy atom. The lowest BCUT2D eigenvalue weighted by Crippen LogP contribution is -2.48. The van der Waals surface area contributed by atoms with E-state index in [1.807, 2.05) is 4.90 Å². The molecule has 2 aromatic carbocycles. The molecule has 0 bridgehead atoms. The Bertz CT molecular complexity index is 1230. The Kier molecular flexibility index (Phi) is 7.38. The lowest BCUT2D eigenvalue weighted by Gasteiger charge is -2.36. The maximum Gasteiger partial charge on any atom is 0.263 e. The van der Waals surface area contributed by atoms with Crippen LogP contribution in [0, 0.1) is 6.92 Å². The number of thiazole rings is 1. The van der Waals surface area contributed by atoms with Crippen molar-refractivity contribution in [2.24, 2.45) is 0 Å². The molecule has 34 heavy (non-hydrogen) atoms. The van der Waals surface area contributed by atoms with Gasteiger partial charge in [-0.15, -0.1) is 11.3 Å². The first kappa shape index (κ1) is 24.0. The lowest BCUT2D eigenvalue weighted by atomic mass is 10.1. The third kappa shape index (κ3) is 5.87. The molecule has 0 atom stereocenters. The molecule has 0 spiro atoms. The van der Waals surface area contributed by atoms with Gasteiger partial charge in [0.2, 0.25) is 5.91 Å². The van der Waals surface area contributed by atoms with Crippen molar-refractivity contribution >= 4 is 38.1 Å². The number of carbonyl (C=O) groups excluding carboxylic acids is 1. The first-order valence-electron chi connectivity index (χ1n) is 11.0. The number of amides is 1. The van der Waals surface area contributed by atoms with Crippen LogP contribution >= 0.6 is 11.3 Å². The summed E-state index contributed by atoms with van der Waals surface area (Å²) in [7, 11) is -2.22. The molecule has 8 nitrogen and oxygen atoms in total. The minimum atomic E-state index is -3.74. The zero-order valence-corrected chi connectivity index (χ0v) is 20.9. The van der Waals surface area contributed by atoms with Gasteiger partial charge in [-0.05, 0) is 55.3 Å². The van der Waals surface area contributed by atoms with E-state index in [9.17, 15) is 13.2 Å². The van der Waals surface area contributed by atoms with Crippen LogP contribution in [0.5, 0.6) is 5.75 Å². The second-order valence-corrected chi connectivity index (χ2v) is 10.7. The van der Waals surface area contributed by atoms with Gasteiger partial charge in [-0.1, -0.05) is 12.1 Å². The van der Waals surface area contributed by atoms with Crippen LogP contribution in [-0.2, 0) is 21.2 Å². The van der Waals surface area contributed by atoms with Crippen molar-refractivity contribution in [3.63, 3.8) is 0 Å². The van der Waals surface area contributed by atoms with Crippen molar-refractivity contribution < 1.29 is 17.9 Å². The van der Waals surface area contributed by atoms with Crippen molar-refractivity contribution in [2.75, 3.05) is 42.9 Å². The Morgan fingerprint density at radius 2 is 1.85 bits per heavy atom. The maximum atomic E-state index is 12.7. The smallest absolute Gasteiger partial charge is 0.263 e. The van der Waals surface area contributed by atoms with Crippen LogP contribution in [-0.4, -0.2) is 57.5 Å². The average molecular weight is 501 g/mol. The van der Waals surface area contributed by atoms with Gasteiger partial charge in [-0.25, -0.2) is 13.4 Å². The van der Waals surface area contributed by atoms with E-state index in [1.165, 1.54) is 41.8 Å². The molecule has 2 heterocycles. The highest BCUT2D eigenvalue weighted by atomic mass is 32.2. The van der Waals surface area contributed by atoms with Gasteiger partial charge in [0.15, 0.2) is 5.13 Å². The second kappa shape index (κ2) is 10.4. The molecule has 0 radical (unpaired) electrons. The number of ether oxygens (including phenoxy) is 1. The number of hydrogen-bond acceptors (Lipinski definition) is 7. The molecule has 0 aliphatic carbocycles. The van der Waals surface area contributed by atoms with Crippen LogP contribution in [0.2, 0.25) is 0 Å². The number of aryl methyl sites for hydroxylation is 2. The number of anilines is 2. The predicted octanol–water partition coefficient (Wildman–Crippen LogP) is 3.54. The predicted molar refractivity (Wildman–Crippen MR) is 134 cm³/mol. The van der Waals surface area contributed by atoms with E-state index >= 15 is 0 Å². The van der Waals surface area contributed by atoms with Gasteiger partial charge in [0.05, 0.1) is 17.7 Å². The van der Waals surface area contributed by atoms with Crippen molar-refractivity contribution in [2.45, 2.75) is 24.7 Å². The molecule has 1 aliphatic rings. The molecule has 180 valence electrons. The molecule has 1 N–H and O–H groups in total. The summed E-state index contributed by atoms with van der Waals surface area (Å²) in [6.45, 7) is 5.08. The monoisotopic (exact) mass is 500 g/mol. The number of nitrogens with zero attached hydrogens (tertiary/aromatic N) is 3. The second-order valence-electron chi connectivity index (χ2n) is 8.13. The fourth-order valence-corrected chi connectivity index (χ4v) is 5.83. The van der Waals surface area contributed by atoms with Gasteiger partial charge in [0.25, 0.3) is 10.0 Å². The quantitative estimate of drug-likeness (QED) is 0.509. The zero-order valence-electron chi connectivity index (χ0n) is 19.2. The SMILES string of the molecule is COc1ccc(S(=O)(=O)Nc2nc(CCC(=O)N3CCN(c4cccc(C)c4)CC3)cs2)cc1. The van der Waals surface area contributed by atoms with Crippen LogP contribution in [0.15, 0.2) is 58.8 Å².